The van der Waals surface area contributed by atoms with E-state index in [4.69, 9.17) is 4.52 Å². The second-order valence-corrected chi connectivity index (χ2v) is 35.0. The number of benzene rings is 12. The molecule has 1 aliphatic rings. The minimum Gasteiger partial charge on any atom is -0.363 e. The SMILES string of the molecule is Cc1noc(C)c1-c1cnc(NCCN2CCS(=O)(=O)CC2)c([N+](=O)[O-])c1.[Pd].c1ccc(P(c2ccccc2)c2ccccc2)cc1.c1ccc(P(c2ccccc2)c2ccccc2)cc1.c1ccc(P(c2ccccc2)c2ccccc2)cc1.c1ccc(P(c2ccccc2)c2ccccc2)cc1. The zero-order valence-corrected chi connectivity index (χ0v) is 63.8. The predicted octanol–water partition coefficient (Wildman–Crippen LogP) is 15.2. The zero-order chi connectivity index (χ0) is 71.3. The van der Waals surface area contributed by atoms with Gasteiger partial charge >= 0.3 is 5.69 Å². The van der Waals surface area contributed by atoms with Crippen molar-refractivity contribution < 1.29 is 38.3 Å². The van der Waals surface area contributed by atoms with Crippen molar-refractivity contribution in [1.82, 2.24) is 15.0 Å². The van der Waals surface area contributed by atoms with Gasteiger partial charge in [0.1, 0.15) is 5.76 Å². The number of nitro groups is 1. The van der Waals surface area contributed by atoms with E-state index < -0.39 is 46.4 Å². The van der Waals surface area contributed by atoms with Crippen molar-refractivity contribution in [1.29, 1.82) is 0 Å². The van der Waals surface area contributed by atoms with Crippen LogP contribution in [0.1, 0.15) is 11.5 Å². The first-order valence-corrected chi connectivity index (χ1v) is 41.3. The Labute approximate surface area is 631 Å². The fourth-order valence-corrected chi connectivity index (χ4v) is 22.3. The molecule has 1 fully saturated rings. The molecule has 0 unspecified atom stereocenters. The second-order valence-electron chi connectivity index (χ2n) is 23.8. The monoisotopic (exact) mass is 1550 g/mol. The number of pyridine rings is 1. The van der Waals surface area contributed by atoms with E-state index in [2.05, 4.69) is 379 Å². The zero-order valence-electron chi connectivity index (χ0n) is 57.9. The van der Waals surface area contributed by atoms with Gasteiger partial charge in [-0.15, -0.1) is 0 Å². The van der Waals surface area contributed by atoms with Gasteiger partial charge in [-0.05, 0) is 109 Å². The van der Waals surface area contributed by atoms with Gasteiger partial charge in [-0.2, -0.15) is 0 Å². The summed E-state index contributed by atoms with van der Waals surface area (Å²) in [6, 6.07) is 131. The van der Waals surface area contributed by atoms with Gasteiger partial charge in [-0.3, -0.25) is 15.0 Å². The van der Waals surface area contributed by atoms with Crippen LogP contribution in [-0.2, 0) is 30.3 Å². The Morgan fingerprint density at radius 1 is 0.404 bits per heavy atom. The maximum Gasteiger partial charge on any atom is 0.311 e. The summed E-state index contributed by atoms with van der Waals surface area (Å²) < 4.78 is 28.0. The van der Waals surface area contributed by atoms with E-state index in [1.807, 2.05) is 4.90 Å². The number of rotatable bonds is 18. The largest absolute Gasteiger partial charge is 0.363 e. The summed E-state index contributed by atoms with van der Waals surface area (Å²) >= 11 is 0. The Hall–Kier alpha value is -9.51. The van der Waals surface area contributed by atoms with E-state index >= 15 is 0 Å². The fraction of sp³-hybridized carbons (Fsp3) is 0.0909. The first-order chi connectivity index (χ1) is 50.6. The van der Waals surface area contributed by atoms with Gasteiger partial charge in [0, 0.05) is 70.0 Å². The number of anilines is 1. The van der Waals surface area contributed by atoms with Crippen molar-refractivity contribution in [2.75, 3.05) is 43.0 Å². The summed E-state index contributed by atoms with van der Waals surface area (Å²) in [4.78, 5) is 17.2. The molecule has 0 amide bonds. The van der Waals surface area contributed by atoms with Crippen molar-refractivity contribution in [3.63, 3.8) is 0 Å². The summed E-state index contributed by atoms with van der Waals surface area (Å²) in [6.45, 7) is 5.47. The molecule has 1 N–H and O–H groups in total. The summed E-state index contributed by atoms with van der Waals surface area (Å²) in [6.07, 6.45) is 1.55. The number of hydrogen-bond acceptors (Lipinski definition) is 9. The topological polar surface area (TPSA) is 131 Å². The van der Waals surface area contributed by atoms with Crippen LogP contribution in [0, 0.1) is 24.0 Å². The second kappa shape index (κ2) is 40.5. The van der Waals surface area contributed by atoms with Crippen molar-refractivity contribution >= 4 is 117 Å². The molecule has 2 aromatic heterocycles. The summed E-state index contributed by atoms with van der Waals surface area (Å²) in [5.74, 6) is 1.05. The van der Waals surface area contributed by atoms with Gasteiger partial charge in [-0.25, -0.2) is 13.4 Å². The number of hydrogen-bond donors (Lipinski definition) is 1. The predicted molar refractivity (Wildman–Crippen MR) is 440 cm³/mol. The third-order valence-electron chi connectivity index (χ3n) is 16.7. The Morgan fingerprint density at radius 2 is 0.635 bits per heavy atom. The normalized spacial score (nSPS) is 12.1. The smallest absolute Gasteiger partial charge is 0.311 e. The Kier molecular flexibility index (Phi) is 30.0. The molecule has 16 heteroatoms. The Bertz CT molecular complexity index is 4030. The van der Waals surface area contributed by atoms with E-state index in [0.717, 1.165) is 0 Å². The van der Waals surface area contributed by atoms with Gasteiger partial charge in [0.2, 0.25) is 5.82 Å². The fourth-order valence-electron chi connectivity index (χ4n) is 11.8. The van der Waals surface area contributed by atoms with Crippen molar-refractivity contribution in [2.45, 2.75) is 13.8 Å². The van der Waals surface area contributed by atoms with Gasteiger partial charge in [-0.1, -0.05) is 369 Å². The van der Waals surface area contributed by atoms with Crippen LogP contribution in [0.4, 0.5) is 11.5 Å². The van der Waals surface area contributed by atoms with Gasteiger partial charge in [0.25, 0.3) is 0 Å². The number of nitrogens with one attached hydrogen (secondary N) is 1. The van der Waals surface area contributed by atoms with E-state index in [1.165, 1.54) is 69.7 Å². The van der Waals surface area contributed by atoms with Gasteiger partial charge < -0.3 is 9.84 Å². The van der Waals surface area contributed by atoms with E-state index in [9.17, 15) is 18.5 Å². The summed E-state index contributed by atoms with van der Waals surface area (Å²) in [7, 11) is -4.70. The van der Waals surface area contributed by atoms with Crippen LogP contribution < -0.4 is 69.0 Å². The standard InChI is InChI=1S/4C18H15P.C16H21N5O5S.Pd/c4*1-4-10-16(11-5-1)19(17-12-6-2-7-13-17)18-14-8-3-9-15-18;1-11-15(12(2)26-19-11)13-9-14(21(22)23)16(18-10-13)17-3-4-20-5-7-27(24,25)8-6-20;/h4*1-15H;9-10H,3-8H2,1-2H3,(H,17,18);. The molecule has 3 heterocycles. The van der Waals surface area contributed by atoms with Crippen LogP contribution in [0.15, 0.2) is 381 Å². The summed E-state index contributed by atoms with van der Waals surface area (Å²) in [5, 5.41) is 35.1. The van der Waals surface area contributed by atoms with Crippen LogP contribution in [0.3, 0.4) is 0 Å². The average molecular weight is 1550 g/mol. The molecule has 14 aromatic rings. The molecule has 0 atom stereocenters. The minimum absolute atomic E-state index is 0. The quantitative estimate of drug-likeness (QED) is 0.0386. The first kappa shape index (κ1) is 77.1. The van der Waals surface area contributed by atoms with E-state index in [0.29, 0.717) is 48.8 Å². The molecule has 524 valence electrons. The van der Waals surface area contributed by atoms with Crippen molar-refractivity contribution in [2.24, 2.45) is 0 Å². The molecule has 10 nitrogen and oxygen atoms in total. The van der Waals surface area contributed by atoms with Gasteiger partial charge in [0.15, 0.2) is 9.84 Å². The van der Waals surface area contributed by atoms with Gasteiger partial charge in [0.05, 0.1) is 22.1 Å². The number of sulfone groups is 1. The van der Waals surface area contributed by atoms with E-state index in [-0.39, 0.29) is 43.4 Å². The minimum atomic E-state index is -2.92. The maximum absolute atomic E-state index is 11.5. The molecule has 1 aliphatic heterocycles. The molecule has 0 spiro atoms. The molecule has 0 saturated carbocycles. The molecule has 0 radical (unpaired) electrons. The van der Waals surface area contributed by atoms with Crippen LogP contribution in [0.2, 0.25) is 0 Å². The molecular formula is C88H81N5O5P4PdS. The third kappa shape index (κ3) is 22.3. The van der Waals surface area contributed by atoms with Crippen LogP contribution in [0.25, 0.3) is 11.1 Å². The van der Waals surface area contributed by atoms with E-state index in [1.54, 1.807) is 20.0 Å². The Morgan fingerprint density at radius 3 is 0.837 bits per heavy atom. The van der Waals surface area contributed by atoms with Crippen LogP contribution >= 0.6 is 31.7 Å². The van der Waals surface area contributed by atoms with Crippen LogP contribution in [0.5, 0.6) is 0 Å². The molecular weight excluding hydrogens is 1470 g/mol. The number of aromatic nitrogens is 2. The number of aryl methyl sites for hydroxylation is 2. The molecule has 104 heavy (non-hydrogen) atoms. The molecule has 15 rings (SSSR count). The summed E-state index contributed by atoms with van der Waals surface area (Å²) in [5.41, 5.74) is 1.79. The average Bonchev–Trinajstić information content (AvgIpc) is 1.74. The maximum atomic E-state index is 11.5. The Balaban J connectivity index is 0.000000140. The van der Waals surface area contributed by atoms with Crippen molar-refractivity contribution in [3.05, 3.63) is 398 Å². The van der Waals surface area contributed by atoms with Crippen molar-refractivity contribution in [3.8, 4) is 11.1 Å². The molecule has 0 aliphatic carbocycles. The molecule has 12 aromatic carbocycles. The molecule has 0 bridgehead atoms. The third-order valence-corrected chi connectivity index (χ3v) is 28.1. The van der Waals surface area contributed by atoms with Crippen LogP contribution in [-0.4, -0.2) is 66.1 Å². The number of nitrogens with zero attached hydrogens (tertiary/aromatic N) is 4. The first-order valence-electron chi connectivity index (χ1n) is 34.1. The molecule has 1 saturated heterocycles.